The highest BCUT2D eigenvalue weighted by molar-refractivity contribution is 5.80. The quantitative estimate of drug-likeness (QED) is 0.582. The van der Waals surface area contributed by atoms with Gasteiger partial charge in [0.15, 0.2) is 0 Å². The molecule has 3 atom stereocenters. The van der Waals surface area contributed by atoms with Gasteiger partial charge in [-0.2, -0.15) is 0 Å². The Labute approximate surface area is 206 Å². The van der Waals surface area contributed by atoms with E-state index in [2.05, 4.69) is 29.6 Å². The monoisotopic (exact) mass is 478 g/mol. The van der Waals surface area contributed by atoms with Crippen molar-refractivity contribution in [3.8, 4) is 11.1 Å². The highest BCUT2D eigenvalue weighted by atomic mass is 16.5. The van der Waals surface area contributed by atoms with Crippen LogP contribution in [0.3, 0.4) is 0 Å². The number of carboxylic acid groups (broad SMARTS) is 1. The first kappa shape index (κ1) is 24.8. The highest BCUT2D eigenvalue weighted by Crippen LogP contribution is 2.44. The number of carboxylic acids is 1. The van der Waals surface area contributed by atoms with Gasteiger partial charge in [0.05, 0.1) is 5.92 Å². The van der Waals surface area contributed by atoms with Crippen molar-refractivity contribution in [2.75, 3.05) is 19.7 Å². The van der Waals surface area contributed by atoms with Gasteiger partial charge in [-0.25, -0.2) is 4.79 Å². The molecule has 7 heteroatoms. The molecule has 7 nitrogen and oxygen atoms in total. The Morgan fingerprint density at radius 3 is 2.20 bits per heavy atom. The molecule has 1 aliphatic carbocycles. The number of nitrogens with zero attached hydrogens (tertiary/aromatic N) is 1. The fraction of sp³-hybridized carbons (Fsp3) is 0.464. The number of aliphatic carboxylic acids is 1. The minimum absolute atomic E-state index is 0.00513. The van der Waals surface area contributed by atoms with E-state index in [0.717, 1.165) is 11.1 Å². The van der Waals surface area contributed by atoms with Crippen molar-refractivity contribution in [2.45, 2.75) is 45.6 Å². The van der Waals surface area contributed by atoms with Crippen molar-refractivity contribution in [3.63, 3.8) is 0 Å². The molecule has 0 aromatic heterocycles. The van der Waals surface area contributed by atoms with Crippen molar-refractivity contribution in [1.82, 2.24) is 10.2 Å². The van der Waals surface area contributed by atoms with Gasteiger partial charge in [-0.1, -0.05) is 62.4 Å². The van der Waals surface area contributed by atoms with E-state index in [1.165, 1.54) is 11.1 Å². The molecular formula is C28H34N2O5. The van der Waals surface area contributed by atoms with Crippen LogP contribution in [0.1, 0.15) is 50.7 Å². The lowest BCUT2D eigenvalue weighted by molar-refractivity contribution is -0.143. The van der Waals surface area contributed by atoms with Crippen LogP contribution in [-0.2, 0) is 14.3 Å². The maximum absolute atomic E-state index is 12.9. The minimum atomic E-state index is -0.856. The van der Waals surface area contributed by atoms with Crippen LogP contribution in [0.5, 0.6) is 0 Å². The summed E-state index contributed by atoms with van der Waals surface area (Å²) < 4.78 is 5.62. The second-order valence-corrected chi connectivity index (χ2v) is 9.98. The largest absolute Gasteiger partial charge is 0.481 e. The highest BCUT2D eigenvalue weighted by Gasteiger charge is 2.38. The summed E-state index contributed by atoms with van der Waals surface area (Å²) in [7, 11) is 0. The summed E-state index contributed by atoms with van der Waals surface area (Å²) in [5.41, 5.74) is 4.67. The van der Waals surface area contributed by atoms with Gasteiger partial charge in [-0.15, -0.1) is 0 Å². The summed E-state index contributed by atoms with van der Waals surface area (Å²) in [6.45, 7) is 6.86. The van der Waals surface area contributed by atoms with Gasteiger partial charge in [0.2, 0.25) is 5.91 Å². The van der Waals surface area contributed by atoms with Crippen LogP contribution in [0, 0.1) is 17.8 Å². The van der Waals surface area contributed by atoms with Crippen LogP contribution in [0.15, 0.2) is 48.5 Å². The van der Waals surface area contributed by atoms with E-state index in [9.17, 15) is 19.5 Å². The first-order valence-electron chi connectivity index (χ1n) is 12.4. The van der Waals surface area contributed by atoms with Gasteiger partial charge in [0.1, 0.15) is 6.61 Å². The van der Waals surface area contributed by atoms with Gasteiger partial charge < -0.3 is 20.1 Å². The van der Waals surface area contributed by atoms with Crippen LogP contribution in [-0.4, -0.2) is 53.7 Å². The molecule has 1 fully saturated rings. The van der Waals surface area contributed by atoms with E-state index < -0.39 is 18.0 Å². The predicted molar refractivity (Wildman–Crippen MR) is 133 cm³/mol. The van der Waals surface area contributed by atoms with Gasteiger partial charge in [-0.05, 0) is 47.4 Å². The van der Waals surface area contributed by atoms with E-state index in [4.69, 9.17) is 4.74 Å². The fourth-order valence-corrected chi connectivity index (χ4v) is 5.37. The van der Waals surface area contributed by atoms with Gasteiger partial charge in [-0.3, -0.25) is 9.59 Å². The Balaban J connectivity index is 1.31. The number of hydrogen-bond donors (Lipinski definition) is 2. The molecule has 35 heavy (non-hydrogen) atoms. The first-order chi connectivity index (χ1) is 16.8. The third-order valence-corrected chi connectivity index (χ3v) is 7.62. The van der Waals surface area contributed by atoms with Crippen molar-refractivity contribution in [1.29, 1.82) is 0 Å². The molecule has 186 valence electrons. The van der Waals surface area contributed by atoms with Gasteiger partial charge in [0, 0.05) is 31.5 Å². The molecule has 2 aliphatic rings. The summed E-state index contributed by atoms with van der Waals surface area (Å²) >= 11 is 0. The van der Waals surface area contributed by atoms with Crippen LogP contribution in [0.4, 0.5) is 4.79 Å². The summed E-state index contributed by atoms with van der Waals surface area (Å²) in [4.78, 5) is 38.5. The predicted octanol–water partition coefficient (Wildman–Crippen LogP) is 4.51. The topological polar surface area (TPSA) is 95.9 Å². The van der Waals surface area contributed by atoms with Crippen LogP contribution < -0.4 is 5.32 Å². The summed E-state index contributed by atoms with van der Waals surface area (Å²) in [5, 5.41) is 12.2. The Morgan fingerprint density at radius 2 is 1.66 bits per heavy atom. The summed E-state index contributed by atoms with van der Waals surface area (Å²) in [5.74, 6) is -1.34. The normalized spacial score (nSPS) is 19.8. The zero-order valence-electron chi connectivity index (χ0n) is 20.6. The van der Waals surface area contributed by atoms with Crippen LogP contribution in [0.2, 0.25) is 0 Å². The zero-order valence-corrected chi connectivity index (χ0v) is 20.6. The second kappa shape index (κ2) is 10.5. The number of carbonyl (C=O) groups excluding carboxylic acids is 2. The lowest BCUT2D eigenvalue weighted by Gasteiger charge is -2.27. The molecule has 0 saturated carbocycles. The Bertz CT molecular complexity index is 1050. The average Bonchev–Trinajstić information content (AvgIpc) is 3.38. The van der Waals surface area contributed by atoms with E-state index in [1.54, 1.807) is 11.8 Å². The average molecular weight is 479 g/mol. The number of benzene rings is 2. The smallest absolute Gasteiger partial charge is 0.407 e. The number of alkyl carbamates (subject to hydrolysis) is 1. The van der Waals surface area contributed by atoms with Crippen molar-refractivity contribution in [3.05, 3.63) is 59.7 Å². The molecule has 1 aliphatic heterocycles. The Hall–Kier alpha value is -3.35. The maximum atomic E-state index is 12.9. The van der Waals surface area contributed by atoms with E-state index >= 15 is 0 Å². The van der Waals surface area contributed by atoms with Gasteiger partial charge >= 0.3 is 12.1 Å². The molecule has 2 aromatic carbocycles. The molecule has 1 heterocycles. The molecular weight excluding hydrogens is 444 g/mol. The van der Waals surface area contributed by atoms with Crippen LogP contribution >= 0.6 is 0 Å². The van der Waals surface area contributed by atoms with Crippen molar-refractivity contribution in [2.24, 2.45) is 17.8 Å². The number of amides is 2. The van der Waals surface area contributed by atoms with Gasteiger partial charge in [0.25, 0.3) is 0 Å². The third kappa shape index (κ3) is 5.19. The number of carbonyl (C=O) groups is 3. The van der Waals surface area contributed by atoms with E-state index in [0.29, 0.717) is 19.5 Å². The Morgan fingerprint density at radius 1 is 1.06 bits per heavy atom. The van der Waals surface area contributed by atoms with Crippen molar-refractivity contribution >= 4 is 18.0 Å². The molecule has 1 saturated heterocycles. The standard InChI is InChI=1S/C28H34N2O5/c1-17(2)19(14-26(31)30-13-12-20(18(30)3)27(32)33)15-29-28(34)35-16-25-23-10-6-4-8-21(23)22-9-5-7-11-24(22)25/h4-11,17-20,25H,12-16H2,1-3H3,(H,29,34)(H,32,33). The van der Waals surface area contributed by atoms with E-state index in [-0.39, 0.29) is 42.7 Å². The molecule has 2 amide bonds. The minimum Gasteiger partial charge on any atom is -0.481 e. The molecule has 2 N–H and O–H groups in total. The lowest BCUT2D eigenvalue weighted by Crippen LogP contribution is -2.40. The number of fused-ring (bicyclic) bond motifs is 3. The number of hydrogen-bond acceptors (Lipinski definition) is 4. The molecule has 4 rings (SSSR count). The van der Waals surface area contributed by atoms with E-state index in [1.807, 2.05) is 38.1 Å². The number of rotatable bonds is 8. The number of nitrogens with one attached hydrogen (secondary N) is 1. The van der Waals surface area contributed by atoms with Crippen molar-refractivity contribution < 1.29 is 24.2 Å². The lowest BCUT2D eigenvalue weighted by atomic mass is 9.91. The second-order valence-electron chi connectivity index (χ2n) is 9.98. The third-order valence-electron chi connectivity index (χ3n) is 7.62. The molecule has 2 aromatic rings. The Kier molecular flexibility index (Phi) is 7.43. The molecule has 3 unspecified atom stereocenters. The molecule has 0 radical (unpaired) electrons. The fourth-order valence-electron chi connectivity index (χ4n) is 5.37. The number of likely N-dealkylation sites (tertiary alicyclic amines) is 1. The summed E-state index contributed by atoms with van der Waals surface area (Å²) in [6.07, 6.45) is 0.246. The molecule has 0 spiro atoms. The molecule has 0 bridgehead atoms. The maximum Gasteiger partial charge on any atom is 0.407 e. The SMILES string of the molecule is CC(C)C(CNC(=O)OCC1c2ccccc2-c2ccccc21)CC(=O)N1CCC(C(=O)O)C1C. The number of ether oxygens (including phenoxy) is 1. The summed E-state index contributed by atoms with van der Waals surface area (Å²) in [6, 6.07) is 16.1. The van der Waals surface area contributed by atoms with Crippen LogP contribution in [0.25, 0.3) is 11.1 Å². The zero-order chi connectivity index (χ0) is 25.1. The first-order valence-corrected chi connectivity index (χ1v) is 12.4.